The Bertz CT molecular complexity index is 685. The topological polar surface area (TPSA) is 111 Å². The second-order valence-corrected chi connectivity index (χ2v) is 6.81. The van der Waals surface area contributed by atoms with Crippen molar-refractivity contribution in [2.45, 2.75) is 24.9 Å². The van der Waals surface area contributed by atoms with Crippen molar-refractivity contribution in [3.8, 4) is 10.0 Å². The third kappa shape index (κ3) is 2.68. The summed E-state index contributed by atoms with van der Waals surface area (Å²) in [6, 6.07) is 3.89. The van der Waals surface area contributed by atoms with Crippen molar-refractivity contribution in [3.63, 3.8) is 0 Å². The molecule has 2 aromatic heterocycles. The predicted molar refractivity (Wildman–Crippen MR) is 76.9 cm³/mol. The number of aliphatic hydroxyl groups excluding tert-OH is 2. The number of nitrogen functional groups attached to an aromatic ring is 1. The van der Waals surface area contributed by atoms with Gasteiger partial charge in [0.05, 0.1) is 0 Å². The summed E-state index contributed by atoms with van der Waals surface area (Å²) in [6.45, 7) is -0.292. The predicted octanol–water partition coefficient (Wildman–Crippen LogP) is -0.810. The number of hydrogen-bond donors (Lipinski definition) is 3. The summed E-state index contributed by atoms with van der Waals surface area (Å²) in [4.78, 5) is 17.9. The fourth-order valence-electron chi connectivity index (χ4n) is 2.36. The van der Waals surface area contributed by atoms with Crippen LogP contribution in [0.2, 0.25) is 0 Å². The number of nitrogens with two attached hydrogens (primary N) is 1. The van der Waals surface area contributed by atoms with Gasteiger partial charge < -0.3 is 0 Å². The molecule has 8 heteroatoms. The van der Waals surface area contributed by atoms with Gasteiger partial charge in [0.2, 0.25) is 0 Å². The van der Waals surface area contributed by atoms with Crippen LogP contribution in [0.1, 0.15) is 12.6 Å². The van der Waals surface area contributed by atoms with Crippen molar-refractivity contribution in [1.29, 1.82) is 0 Å². The molecular weight excluding hydrogens is 341 g/mol. The second kappa shape index (κ2) is 5.75. The van der Waals surface area contributed by atoms with Crippen LogP contribution in [0.25, 0.3) is 10.0 Å². The van der Waals surface area contributed by atoms with Crippen LogP contribution in [-0.2, 0) is 4.74 Å². The maximum atomic E-state index is 12.0. The van der Waals surface area contributed by atoms with E-state index in [1.165, 1.54) is 4.57 Å². The Labute approximate surface area is 126 Å². The summed E-state index contributed by atoms with van der Waals surface area (Å²) in [5.74, 6) is 0.199. The van der Waals surface area contributed by atoms with Crippen LogP contribution in [0, 0.1) is 0 Å². The molecule has 0 spiro atoms. The molecule has 0 aliphatic carbocycles. The molecule has 0 unspecified atom stereocenters. The average molecular weight is 356 g/mol. The van der Waals surface area contributed by atoms with Crippen molar-refractivity contribution in [2.24, 2.45) is 0 Å². The van der Waals surface area contributed by atoms with Crippen LogP contribution in [-0.4, -0.2) is 53.1 Å². The zero-order valence-electron chi connectivity index (χ0n) is 11.0. The van der Waals surface area contributed by atoms with E-state index in [1.807, 2.05) is 12.1 Å². The molecule has 7 nitrogen and oxygen atoms in total. The van der Waals surface area contributed by atoms with Gasteiger partial charge in [0.25, 0.3) is 0 Å². The van der Waals surface area contributed by atoms with Gasteiger partial charge in [-0.15, -0.1) is 0 Å². The van der Waals surface area contributed by atoms with E-state index in [0.717, 1.165) is 4.44 Å². The minimum absolute atomic E-state index is 0.168. The first kappa shape index (κ1) is 14.5. The van der Waals surface area contributed by atoms with E-state index in [0.29, 0.717) is 5.56 Å². The molecule has 3 atom stereocenters. The molecule has 0 radical (unpaired) electrons. The molecular formula is C13H15N3O4Se. The molecule has 3 heterocycles. The Kier molecular flexibility index (Phi) is 3.97. The zero-order valence-corrected chi connectivity index (χ0v) is 12.8. The molecule has 1 aliphatic rings. The Morgan fingerprint density at radius 3 is 3.00 bits per heavy atom. The van der Waals surface area contributed by atoms with Gasteiger partial charge in [-0.25, -0.2) is 0 Å². The molecule has 112 valence electrons. The number of aromatic nitrogens is 2. The number of rotatable bonds is 3. The van der Waals surface area contributed by atoms with Gasteiger partial charge in [-0.1, -0.05) is 0 Å². The Morgan fingerprint density at radius 1 is 1.57 bits per heavy atom. The molecule has 21 heavy (non-hydrogen) atoms. The summed E-state index contributed by atoms with van der Waals surface area (Å²) >= 11 is 0.168. The van der Waals surface area contributed by atoms with Crippen molar-refractivity contribution < 1.29 is 14.9 Å². The summed E-state index contributed by atoms with van der Waals surface area (Å²) < 4.78 is 7.87. The molecule has 1 fully saturated rings. The quantitative estimate of drug-likeness (QED) is 0.621. The molecule has 1 saturated heterocycles. The van der Waals surface area contributed by atoms with Gasteiger partial charge in [0.15, 0.2) is 0 Å². The number of nitrogens with zero attached hydrogens (tertiary/aromatic N) is 2. The minimum atomic E-state index is -0.801. The Balaban J connectivity index is 2.00. The summed E-state index contributed by atoms with van der Waals surface area (Å²) in [6.07, 6.45) is -0.260. The zero-order chi connectivity index (χ0) is 15.0. The number of aliphatic hydroxyl groups is 2. The van der Waals surface area contributed by atoms with Gasteiger partial charge in [-0.3, -0.25) is 0 Å². The molecule has 2 aromatic rings. The average Bonchev–Trinajstić information content (AvgIpc) is 3.08. The van der Waals surface area contributed by atoms with Crippen LogP contribution in [0.5, 0.6) is 0 Å². The molecule has 4 N–H and O–H groups in total. The summed E-state index contributed by atoms with van der Waals surface area (Å²) in [5.41, 5.74) is 6.03. The van der Waals surface area contributed by atoms with Gasteiger partial charge >= 0.3 is 126 Å². The molecule has 3 rings (SSSR count). The van der Waals surface area contributed by atoms with Crippen LogP contribution in [0.3, 0.4) is 0 Å². The van der Waals surface area contributed by atoms with Crippen LogP contribution in [0.4, 0.5) is 5.82 Å². The molecule has 0 amide bonds. The Morgan fingerprint density at radius 2 is 2.38 bits per heavy atom. The normalized spacial score (nSPS) is 25.3. The molecule has 0 bridgehead atoms. The first-order valence-corrected chi connectivity index (χ1v) is 8.31. The van der Waals surface area contributed by atoms with E-state index in [1.54, 1.807) is 6.20 Å². The van der Waals surface area contributed by atoms with Gasteiger partial charge in [-0.2, -0.15) is 0 Å². The van der Waals surface area contributed by atoms with Crippen molar-refractivity contribution in [3.05, 3.63) is 33.8 Å². The van der Waals surface area contributed by atoms with Crippen LogP contribution >= 0.6 is 0 Å². The van der Waals surface area contributed by atoms with Crippen molar-refractivity contribution >= 4 is 20.3 Å². The van der Waals surface area contributed by atoms with E-state index in [9.17, 15) is 9.90 Å². The van der Waals surface area contributed by atoms with Gasteiger partial charge in [-0.05, 0) is 0 Å². The van der Waals surface area contributed by atoms with Crippen LogP contribution < -0.4 is 11.4 Å². The Hall–Kier alpha value is -1.44. The number of anilines is 1. The van der Waals surface area contributed by atoms with Crippen molar-refractivity contribution in [1.82, 2.24) is 9.55 Å². The first-order chi connectivity index (χ1) is 10.1. The summed E-state index contributed by atoms with van der Waals surface area (Å²) in [5, 5.41) is 18.9. The molecule has 0 saturated carbocycles. The molecule has 0 aromatic carbocycles. The maximum absolute atomic E-state index is 12.0. The monoisotopic (exact) mass is 357 g/mol. The second-order valence-electron chi connectivity index (χ2n) is 4.82. The van der Waals surface area contributed by atoms with Gasteiger partial charge in [0.1, 0.15) is 0 Å². The fraction of sp³-hybridized carbons (Fsp3) is 0.385. The summed E-state index contributed by atoms with van der Waals surface area (Å²) in [7, 11) is 0. The van der Waals surface area contributed by atoms with Crippen LogP contribution in [0.15, 0.2) is 28.1 Å². The van der Waals surface area contributed by atoms with Gasteiger partial charge in [0, 0.05) is 0 Å². The van der Waals surface area contributed by atoms with E-state index in [4.69, 9.17) is 15.6 Å². The molecule has 1 aliphatic heterocycles. The third-order valence-electron chi connectivity index (χ3n) is 3.46. The van der Waals surface area contributed by atoms with E-state index >= 15 is 0 Å². The number of hydrogen-bond acceptors (Lipinski definition) is 6. The first-order valence-electron chi connectivity index (χ1n) is 6.47. The SMILES string of the molecule is Nc1nc(=O)n([C@@H]2C[C@H](O)[C@@H](CO)O2)cc1-c1ccc[se]1. The fourth-order valence-corrected chi connectivity index (χ4v) is 3.92. The van der Waals surface area contributed by atoms with E-state index < -0.39 is 24.1 Å². The standard InChI is InChI=1S/C13H15N3O4Se/c14-12-7(10-2-1-3-21-10)5-16(13(19)15-12)11-4-8(18)9(6-17)20-11/h1-3,5,8-9,11,17-18H,4,6H2,(H2,14,15,19)/t8-,9+,11-/m0/s1. The van der Waals surface area contributed by atoms with E-state index in [2.05, 4.69) is 9.92 Å². The third-order valence-corrected chi connectivity index (χ3v) is 5.36. The number of ether oxygens (including phenoxy) is 1. The van der Waals surface area contributed by atoms with E-state index in [-0.39, 0.29) is 33.3 Å². The van der Waals surface area contributed by atoms with Crippen molar-refractivity contribution in [2.75, 3.05) is 12.3 Å².